The van der Waals surface area contributed by atoms with E-state index in [1.165, 1.54) is 0 Å². The van der Waals surface area contributed by atoms with E-state index in [0.29, 0.717) is 12.6 Å². The van der Waals surface area contributed by atoms with Gasteiger partial charge in [-0.2, -0.15) is 0 Å². The number of hydrogen-bond donors (Lipinski definition) is 1. The van der Waals surface area contributed by atoms with Crippen molar-refractivity contribution in [3.8, 4) is 0 Å². The molecule has 0 bridgehead atoms. The molecule has 6 nitrogen and oxygen atoms in total. The van der Waals surface area contributed by atoms with Crippen molar-refractivity contribution in [3.63, 3.8) is 0 Å². The van der Waals surface area contributed by atoms with Gasteiger partial charge in [-0.1, -0.05) is 30.3 Å². The Balaban J connectivity index is 1.42. The van der Waals surface area contributed by atoms with E-state index in [0.717, 1.165) is 51.3 Å². The molecule has 1 atom stereocenters. The maximum atomic E-state index is 12.1. The minimum Gasteiger partial charge on any atom is -0.445 e. The summed E-state index contributed by atoms with van der Waals surface area (Å²) >= 11 is 0. The molecule has 2 aliphatic rings. The lowest BCUT2D eigenvalue weighted by Gasteiger charge is -2.37. The molecule has 1 aromatic carbocycles. The first-order chi connectivity index (χ1) is 10.7. The van der Waals surface area contributed by atoms with Gasteiger partial charge in [-0.25, -0.2) is 9.80 Å². The Bertz CT molecular complexity index is 488. The van der Waals surface area contributed by atoms with Gasteiger partial charge in [0.2, 0.25) is 0 Å². The van der Waals surface area contributed by atoms with Crippen molar-refractivity contribution in [1.29, 1.82) is 0 Å². The lowest BCUT2D eigenvalue weighted by atomic mass is 10.2. The molecule has 2 aliphatic heterocycles. The van der Waals surface area contributed by atoms with E-state index in [-0.39, 0.29) is 6.09 Å². The third-order valence-corrected chi connectivity index (χ3v) is 4.49. The molecule has 0 aliphatic carbocycles. The van der Waals surface area contributed by atoms with Crippen LogP contribution in [0.4, 0.5) is 4.79 Å². The fourth-order valence-corrected chi connectivity index (χ4v) is 3.15. The summed E-state index contributed by atoms with van der Waals surface area (Å²) in [5, 5.41) is 1.88. The number of amides is 1. The van der Waals surface area contributed by atoms with Crippen LogP contribution in [0.3, 0.4) is 0 Å². The Morgan fingerprint density at radius 1 is 1.14 bits per heavy atom. The zero-order valence-corrected chi connectivity index (χ0v) is 12.9. The zero-order valence-electron chi connectivity index (χ0n) is 12.9. The minimum absolute atomic E-state index is 0.213. The van der Waals surface area contributed by atoms with Gasteiger partial charge in [-0.15, -0.1) is 0 Å². The molecule has 3 rings (SSSR count). The summed E-state index contributed by atoms with van der Waals surface area (Å²) < 4.78 is 5.39. The third-order valence-electron chi connectivity index (χ3n) is 4.49. The molecule has 1 unspecified atom stereocenters. The molecule has 1 aromatic rings. The number of hydrazine groups is 1. The SMILES string of the molecule is NN1CCC(N2CCN(C(=O)OCc3ccccc3)CC2)C1. The number of benzene rings is 1. The summed E-state index contributed by atoms with van der Waals surface area (Å²) in [4.78, 5) is 16.3. The van der Waals surface area contributed by atoms with Crippen LogP contribution < -0.4 is 5.84 Å². The summed E-state index contributed by atoms with van der Waals surface area (Å²) in [6.45, 7) is 5.49. The first kappa shape index (κ1) is 15.3. The highest BCUT2D eigenvalue weighted by Crippen LogP contribution is 2.16. The predicted molar refractivity (Wildman–Crippen MR) is 83.9 cm³/mol. The molecule has 2 heterocycles. The maximum Gasteiger partial charge on any atom is 0.410 e. The van der Waals surface area contributed by atoms with Gasteiger partial charge in [0.15, 0.2) is 0 Å². The van der Waals surface area contributed by atoms with Crippen molar-refractivity contribution in [2.24, 2.45) is 5.84 Å². The molecule has 22 heavy (non-hydrogen) atoms. The average Bonchev–Trinajstić information content (AvgIpc) is 3.00. The molecule has 0 aromatic heterocycles. The van der Waals surface area contributed by atoms with Crippen LogP contribution in [-0.2, 0) is 11.3 Å². The van der Waals surface area contributed by atoms with Gasteiger partial charge in [-0.05, 0) is 12.0 Å². The largest absolute Gasteiger partial charge is 0.445 e. The van der Waals surface area contributed by atoms with Crippen LogP contribution in [0.25, 0.3) is 0 Å². The number of carbonyl (C=O) groups is 1. The van der Waals surface area contributed by atoms with E-state index in [1.54, 1.807) is 4.90 Å². The summed E-state index contributed by atoms with van der Waals surface area (Å²) in [5.41, 5.74) is 1.02. The second kappa shape index (κ2) is 7.09. The van der Waals surface area contributed by atoms with Crippen LogP contribution in [-0.4, -0.2) is 66.2 Å². The van der Waals surface area contributed by atoms with Crippen LogP contribution >= 0.6 is 0 Å². The van der Waals surface area contributed by atoms with Crippen molar-refractivity contribution in [3.05, 3.63) is 35.9 Å². The number of nitrogens with zero attached hydrogens (tertiary/aromatic N) is 3. The maximum absolute atomic E-state index is 12.1. The standard InChI is InChI=1S/C16H24N4O2/c17-20-7-6-15(12-20)18-8-10-19(11-9-18)16(21)22-13-14-4-2-1-3-5-14/h1-5,15H,6-13,17H2. The Labute approximate surface area is 131 Å². The van der Waals surface area contributed by atoms with Crippen LogP contribution in [0.5, 0.6) is 0 Å². The lowest BCUT2D eigenvalue weighted by Crippen LogP contribution is -2.52. The Kier molecular flexibility index (Phi) is 4.92. The molecule has 0 spiro atoms. The second-order valence-electron chi connectivity index (χ2n) is 6.00. The van der Waals surface area contributed by atoms with E-state index >= 15 is 0 Å². The molecule has 1 amide bonds. The molecule has 2 N–H and O–H groups in total. The van der Waals surface area contributed by atoms with Gasteiger partial charge >= 0.3 is 6.09 Å². The number of ether oxygens (including phenoxy) is 1. The van der Waals surface area contributed by atoms with E-state index in [1.807, 2.05) is 35.3 Å². The summed E-state index contributed by atoms with van der Waals surface area (Å²) in [6.07, 6.45) is 0.907. The first-order valence-corrected chi connectivity index (χ1v) is 7.92. The fraction of sp³-hybridized carbons (Fsp3) is 0.562. The van der Waals surface area contributed by atoms with Gasteiger partial charge in [0, 0.05) is 45.3 Å². The van der Waals surface area contributed by atoms with Crippen molar-refractivity contribution in [2.45, 2.75) is 19.1 Å². The van der Waals surface area contributed by atoms with Gasteiger partial charge in [-0.3, -0.25) is 10.7 Å². The Hall–Kier alpha value is -1.63. The predicted octanol–water partition coefficient (Wildman–Crippen LogP) is 0.889. The third kappa shape index (κ3) is 3.76. The monoisotopic (exact) mass is 304 g/mol. The first-order valence-electron chi connectivity index (χ1n) is 7.92. The molecular weight excluding hydrogens is 280 g/mol. The van der Waals surface area contributed by atoms with Crippen molar-refractivity contribution in [2.75, 3.05) is 39.3 Å². The normalized spacial score (nSPS) is 23.7. The average molecular weight is 304 g/mol. The molecule has 6 heteroatoms. The van der Waals surface area contributed by atoms with E-state index in [9.17, 15) is 4.79 Å². The molecule has 2 fully saturated rings. The van der Waals surface area contributed by atoms with E-state index in [4.69, 9.17) is 10.6 Å². The number of rotatable bonds is 3. The van der Waals surface area contributed by atoms with Gasteiger partial charge in [0.05, 0.1) is 0 Å². The molecule has 0 saturated carbocycles. The number of nitrogens with two attached hydrogens (primary N) is 1. The van der Waals surface area contributed by atoms with E-state index < -0.39 is 0 Å². The highest BCUT2D eigenvalue weighted by atomic mass is 16.6. The highest BCUT2D eigenvalue weighted by molar-refractivity contribution is 5.67. The summed E-state index contributed by atoms with van der Waals surface area (Å²) in [6, 6.07) is 10.3. The van der Waals surface area contributed by atoms with Crippen LogP contribution in [0, 0.1) is 0 Å². The van der Waals surface area contributed by atoms with Crippen LogP contribution in [0.15, 0.2) is 30.3 Å². The van der Waals surface area contributed by atoms with Crippen molar-refractivity contribution in [1.82, 2.24) is 14.8 Å². The minimum atomic E-state index is -0.213. The smallest absolute Gasteiger partial charge is 0.410 e. The molecule has 2 saturated heterocycles. The summed E-state index contributed by atoms with van der Waals surface area (Å²) in [7, 11) is 0. The van der Waals surface area contributed by atoms with Crippen molar-refractivity contribution >= 4 is 6.09 Å². The number of piperazine rings is 1. The molecule has 0 radical (unpaired) electrons. The van der Waals surface area contributed by atoms with Crippen LogP contribution in [0.1, 0.15) is 12.0 Å². The Morgan fingerprint density at radius 2 is 1.86 bits per heavy atom. The number of carbonyl (C=O) groups excluding carboxylic acids is 1. The molecule has 120 valence electrons. The second-order valence-corrected chi connectivity index (χ2v) is 6.00. The zero-order chi connectivity index (χ0) is 15.4. The fourth-order valence-electron chi connectivity index (χ4n) is 3.15. The summed E-state index contributed by atoms with van der Waals surface area (Å²) in [5.74, 6) is 5.82. The topological polar surface area (TPSA) is 62.0 Å². The Morgan fingerprint density at radius 3 is 2.50 bits per heavy atom. The van der Waals surface area contributed by atoms with Crippen LogP contribution in [0.2, 0.25) is 0 Å². The van der Waals surface area contributed by atoms with Gasteiger partial charge in [0.25, 0.3) is 0 Å². The van der Waals surface area contributed by atoms with Gasteiger partial charge < -0.3 is 9.64 Å². The lowest BCUT2D eigenvalue weighted by molar-refractivity contribution is 0.0606. The van der Waals surface area contributed by atoms with Crippen molar-refractivity contribution < 1.29 is 9.53 Å². The van der Waals surface area contributed by atoms with E-state index in [2.05, 4.69) is 4.90 Å². The quantitative estimate of drug-likeness (QED) is 0.840. The number of hydrogen-bond acceptors (Lipinski definition) is 5. The molecular formula is C16H24N4O2. The highest BCUT2D eigenvalue weighted by Gasteiger charge is 2.30. The van der Waals surface area contributed by atoms with Gasteiger partial charge in [0.1, 0.15) is 6.61 Å².